The van der Waals surface area contributed by atoms with Gasteiger partial charge in [-0.1, -0.05) is 6.32 Å². The molecular formula is C5H11BINO. The van der Waals surface area contributed by atoms with Crippen LogP contribution in [0.2, 0.25) is 6.32 Å². The van der Waals surface area contributed by atoms with Crippen molar-refractivity contribution < 1.29 is 5.11 Å². The van der Waals surface area contributed by atoms with E-state index in [1.54, 1.807) is 0 Å². The molecule has 0 aromatic heterocycles. The van der Waals surface area contributed by atoms with E-state index in [0.717, 1.165) is 19.3 Å². The average molecular weight is 239 g/mol. The Morgan fingerprint density at radius 3 is 2.67 bits per heavy atom. The molecule has 52 valence electrons. The molecule has 0 saturated carbocycles. The third kappa shape index (κ3) is 1.81. The highest BCUT2D eigenvalue weighted by Gasteiger charge is 2.27. The number of halogens is 1. The van der Waals surface area contributed by atoms with Crippen molar-refractivity contribution in [2.24, 2.45) is 0 Å². The Balaban J connectivity index is 2.38. The van der Waals surface area contributed by atoms with Crippen LogP contribution in [0.25, 0.3) is 0 Å². The number of hydrogen-bond donors (Lipinski definition) is 1. The van der Waals surface area contributed by atoms with E-state index in [1.165, 1.54) is 0 Å². The molecule has 0 aromatic rings. The normalized spacial score (nSPS) is 37.6. The van der Waals surface area contributed by atoms with Gasteiger partial charge in [0.15, 0.2) is 0 Å². The number of nitrogens with zero attached hydrogens (tertiary/aromatic N) is 1. The second-order valence-electron chi connectivity index (χ2n) is 2.53. The molecule has 1 fully saturated rings. The number of rotatable bonds is 1. The van der Waals surface area contributed by atoms with Gasteiger partial charge < -0.3 is 5.11 Å². The summed E-state index contributed by atoms with van der Waals surface area (Å²) in [4.78, 5) is 0. The molecule has 1 rings (SSSR count). The highest BCUT2D eigenvalue weighted by Crippen LogP contribution is 2.23. The lowest BCUT2D eigenvalue weighted by Crippen LogP contribution is -2.17. The van der Waals surface area contributed by atoms with Gasteiger partial charge in [0.25, 0.3) is 0 Å². The summed E-state index contributed by atoms with van der Waals surface area (Å²) >= 11 is 2.28. The molecule has 2 nitrogen and oxygen atoms in total. The predicted molar refractivity (Wildman–Crippen MR) is 48.5 cm³/mol. The zero-order valence-corrected chi connectivity index (χ0v) is 7.71. The lowest BCUT2D eigenvalue weighted by molar-refractivity contribution is 0.191. The van der Waals surface area contributed by atoms with Crippen molar-refractivity contribution in [1.82, 2.24) is 3.11 Å². The second kappa shape index (κ2) is 3.21. The van der Waals surface area contributed by atoms with E-state index in [-0.39, 0.29) is 6.10 Å². The first-order chi connectivity index (χ1) is 4.24. The van der Waals surface area contributed by atoms with Crippen molar-refractivity contribution in [3.05, 3.63) is 0 Å². The van der Waals surface area contributed by atoms with E-state index in [0.29, 0.717) is 6.04 Å². The van der Waals surface area contributed by atoms with Gasteiger partial charge in [-0.3, -0.25) is 0 Å². The monoisotopic (exact) mass is 239 g/mol. The van der Waals surface area contributed by atoms with Gasteiger partial charge in [-0.05, 0) is 6.42 Å². The minimum atomic E-state index is -0.0770. The number of aliphatic hydroxyl groups is 1. The molecule has 4 heteroatoms. The summed E-state index contributed by atoms with van der Waals surface area (Å²) in [5.41, 5.74) is 0. The molecule has 0 spiro atoms. The van der Waals surface area contributed by atoms with Crippen molar-refractivity contribution in [3.63, 3.8) is 0 Å². The van der Waals surface area contributed by atoms with Crippen LogP contribution in [0.4, 0.5) is 0 Å². The molecule has 0 amide bonds. The van der Waals surface area contributed by atoms with Gasteiger partial charge in [0.2, 0.25) is 0 Å². The van der Waals surface area contributed by atoms with Gasteiger partial charge in [0.05, 0.1) is 6.10 Å². The summed E-state index contributed by atoms with van der Waals surface area (Å²) in [5.74, 6) is 0. The number of hydrogen-bond acceptors (Lipinski definition) is 2. The minimum Gasteiger partial charge on any atom is -0.392 e. The average Bonchev–Trinajstić information content (AvgIpc) is 2.10. The molecule has 1 N–H and O–H groups in total. The standard InChI is InChI=1S/C5H11BINO/c6-2-4-1-5(9)3-8(4)7/h4-5,9H,1-3,6H2. The third-order valence-corrected chi connectivity index (χ3v) is 2.98. The largest absolute Gasteiger partial charge is 0.392 e. The van der Waals surface area contributed by atoms with E-state index in [1.807, 2.05) is 0 Å². The Morgan fingerprint density at radius 1 is 1.78 bits per heavy atom. The maximum absolute atomic E-state index is 9.15. The van der Waals surface area contributed by atoms with Gasteiger partial charge in [0, 0.05) is 35.5 Å². The van der Waals surface area contributed by atoms with Crippen LogP contribution in [0.5, 0.6) is 0 Å². The zero-order chi connectivity index (χ0) is 6.85. The van der Waals surface area contributed by atoms with Crippen LogP contribution in [0.15, 0.2) is 0 Å². The topological polar surface area (TPSA) is 23.5 Å². The predicted octanol–water partition coefficient (Wildman–Crippen LogP) is -0.177. The summed E-state index contributed by atoms with van der Waals surface area (Å²) in [7, 11) is 2.16. The quantitative estimate of drug-likeness (QED) is 0.390. The van der Waals surface area contributed by atoms with Gasteiger partial charge in [-0.2, -0.15) is 0 Å². The Morgan fingerprint density at radius 2 is 2.44 bits per heavy atom. The van der Waals surface area contributed by atoms with Crippen molar-refractivity contribution >= 4 is 30.7 Å². The first-order valence-corrected chi connectivity index (χ1v) is 4.31. The molecule has 0 aromatic carbocycles. The van der Waals surface area contributed by atoms with Crippen LogP contribution in [-0.2, 0) is 0 Å². The Hall–Kier alpha value is 0.715. The SMILES string of the molecule is BCC1CC(O)CN1I. The summed E-state index contributed by atoms with van der Waals surface area (Å²) < 4.78 is 2.20. The van der Waals surface area contributed by atoms with Crippen molar-refractivity contribution in [1.29, 1.82) is 0 Å². The molecule has 1 saturated heterocycles. The van der Waals surface area contributed by atoms with E-state index in [9.17, 15) is 0 Å². The fraction of sp³-hybridized carbons (Fsp3) is 1.00. The first kappa shape index (κ1) is 7.82. The summed E-state index contributed by atoms with van der Waals surface area (Å²) in [5, 5.41) is 9.15. The van der Waals surface area contributed by atoms with Crippen LogP contribution >= 0.6 is 22.9 Å². The summed E-state index contributed by atoms with van der Waals surface area (Å²) in [6.45, 7) is 0.846. The smallest absolute Gasteiger partial charge is 0.103 e. The van der Waals surface area contributed by atoms with E-state index in [4.69, 9.17) is 5.11 Å². The molecular weight excluding hydrogens is 228 g/mol. The molecule has 0 radical (unpaired) electrons. The van der Waals surface area contributed by atoms with Crippen molar-refractivity contribution in [2.75, 3.05) is 6.54 Å². The van der Waals surface area contributed by atoms with E-state index < -0.39 is 0 Å². The molecule has 0 bridgehead atoms. The summed E-state index contributed by atoms with van der Waals surface area (Å²) in [6.07, 6.45) is 2.03. The maximum atomic E-state index is 9.15. The molecule has 2 unspecified atom stereocenters. The van der Waals surface area contributed by atoms with Gasteiger partial charge in [-0.15, -0.1) is 0 Å². The van der Waals surface area contributed by atoms with Crippen LogP contribution in [-0.4, -0.2) is 34.8 Å². The van der Waals surface area contributed by atoms with E-state index >= 15 is 0 Å². The van der Waals surface area contributed by atoms with Crippen LogP contribution in [0, 0.1) is 0 Å². The van der Waals surface area contributed by atoms with Gasteiger partial charge in [-0.25, -0.2) is 3.11 Å². The van der Waals surface area contributed by atoms with Crippen LogP contribution in [0.1, 0.15) is 6.42 Å². The molecule has 9 heavy (non-hydrogen) atoms. The highest BCUT2D eigenvalue weighted by atomic mass is 127. The lowest BCUT2D eigenvalue weighted by atomic mass is 9.96. The lowest BCUT2D eigenvalue weighted by Gasteiger charge is -2.12. The first-order valence-electron chi connectivity index (χ1n) is 3.34. The maximum Gasteiger partial charge on any atom is 0.103 e. The molecule has 0 aliphatic carbocycles. The summed E-state index contributed by atoms with van der Waals surface area (Å²) in [6, 6.07) is 0.612. The third-order valence-electron chi connectivity index (χ3n) is 1.80. The molecule has 2 atom stereocenters. The van der Waals surface area contributed by atoms with Gasteiger partial charge >= 0.3 is 0 Å². The fourth-order valence-corrected chi connectivity index (χ4v) is 2.29. The number of aliphatic hydroxyl groups excluding tert-OH is 1. The highest BCUT2D eigenvalue weighted by molar-refractivity contribution is 14.1. The minimum absolute atomic E-state index is 0.0770. The molecule has 1 aliphatic rings. The van der Waals surface area contributed by atoms with Crippen molar-refractivity contribution in [3.8, 4) is 0 Å². The Labute approximate surface area is 70.5 Å². The van der Waals surface area contributed by atoms with E-state index in [2.05, 4.69) is 33.8 Å². The van der Waals surface area contributed by atoms with Gasteiger partial charge in [0.1, 0.15) is 7.85 Å². The number of β-amino-alcohol motifs (C(OH)–C–C–N with tert-alkyl or cyclic N) is 1. The molecule has 1 aliphatic heterocycles. The van der Waals surface area contributed by atoms with Crippen molar-refractivity contribution in [2.45, 2.75) is 24.9 Å². The Bertz CT molecular complexity index is 103. The van der Waals surface area contributed by atoms with Crippen LogP contribution in [0.3, 0.4) is 0 Å². The molecule has 1 heterocycles. The van der Waals surface area contributed by atoms with Crippen LogP contribution < -0.4 is 0 Å². The second-order valence-corrected chi connectivity index (χ2v) is 3.77. The zero-order valence-electron chi connectivity index (χ0n) is 5.55. The Kier molecular flexibility index (Phi) is 2.79. The fourth-order valence-electron chi connectivity index (χ4n) is 1.22.